The Bertz CT molecular complexity index is 381. The average molecular weight is 225 g/mol. The predicted octanol–water partition coefficient (Wildman–Crippen LogP) is 1.30. The highest BCUT2D eigenvalue weighted by Crippen LogP contribution is 2.17. The summed E-state index contributed by atoms with van der Waals surface area (Å²) in [6.07, 6.45) is 0. The molecule has 0 fully saturated rings. The number of nitrogen functional groups attached to an aromatic ring is 1. The molecule has 1 amide bonds. The van der Waals surface area contributed by atoms with Crippen LogP contribution in [0.2, 0.25) is 0 Å². The first-order chi connectivity index (χ1) is 7.52. The summed E-state index contributed by atoms with van der Waals surface area (Å²) in [7, 11) is 1.81. The number of carbonyl (C=O) groups excluding carboxylic acids is 1. The van der Waals surface area contributed by atoms with Crippen molar-refractivity contribution in [2.45, 2.75) is 6.92 Å². The molecule has 1 rings (SSSR count). The summed E-state index contributed by atoms with van der Waals surface area (Å²) in [4.78, 5) is 13.3. The van der Waals surface area contributed by atoms with Crippen molar-refractivity contribution in [3.05, 3.63) is 24.0 Å². The number of nitrogens with two attached hydrogens (primary N) is 1. The fourth-order valence-corrected chi connectivity index (χ4v) is 1.19. The van der Waals surface area contributed by atoms with Gasteiger partial charge in [-0.2, -0.15) is 0 Å². The van der Waals surface area contributed by atoms with E-state index in [0.717, 1.165) is 6.54 Å². The molecule has 1 aromatic carbocycles. The Morgan fingerprint density at radius 2 is 2.25 bits per heavy atom. The third kappa shape index (κ3) is 3.51. The molecule has 0 unspecified atom stereocenters. The Kier molecular flexibility index (Phi) is 4.25. The van der Waals surface area contributed by atoms with Crippen molar-refractivity contribution < 1.29 is 9.18 Å². The predicted molar refractivity (Wildman–Crippen MR) is 62.6 cm³/mol. The summed E-state index contributed by atoms with van der Waals surface area (Å²) in [5.41, 5.74) is 6.04. The fraction of sp³-hybridized carbons (Fsp3) is 0.364. The molecule has 1 aromatic rings. The van der Waals surface area contributed by atoms with Crippen LogP contribution in [0.15, 0.2) is 18.2 Å². The second-order valence-corrected chi connectivity index (χ2v) is 3.62. The maximum absolute atomic E-state index is 13.3. The molecule has 88 valence electrons. The number of anilines is 2. The van der Waals surface area contributed by atoms with Gasteiger partial charge in [0.2, 0.25) is 5.91 Å². The van der Waals surface area contributed by atoms with Crippen LogP contribution in [0.5, 0.6) is 0 Å². The van der Waals surface area contributed by atoms with Gasteiger partial charge in [-0.1, -0.05) is 6.92 Å². The minimum absolute atomic E-state index is 0.120. The summed E-state index contributed by atoms with van der Waals surface area (Å²) >= 11 is 0. The molecular formula is C11H16FN3O. The van der Waals surface area contributed by atoms with Crippen LogP contribution in [0.1, 0.15) is 6.92 Å². The van der Waals surface area contributed by atoms with Crippen molar-refractivity contribution in [1.82, 2.24) is 4.90 Å². The molecule has 5 heteroatoms. The van der Waals surface area contributed by atoms with Crippen LogP contribution in [0.3, 0.4) is 0 Å². The molecule has 3 N–H and O–H groups in total. The Hall–Kier alpha value is -1.62. The number of likely N-dealkylation sites (N-methyl/N-ethyl adjacent to an activating group) is 1. The first-order valence-corrected chi connectivity index (χ1v) is 5.06. The molecule has 0 aliphatic heterocycles. The second-order valence-electron chi connectivity index (χ2n) is 3.62. The normalized spacial score (nSPS) is 10.5. The van der Waals surface area contributed by atoms with Crippen molar-refractivity contribution in [3.8, 4) is 0 Å². The minimum atomic E-state index is -0.485. The number of hydrogen-bond donors (Lipinski definition) is 2. The summed E-state index contributed by atoms with van der Waals surface area (Å²) in [6, 6.07) is 4.08. The number of nitrogens with zero attached hydrogens (tertiary/aromatic N) is 1. The highest BCUT2D eigenvalue weighted by molar-refractivity contribution is 5.92. The number of amides is 1. The molecule has 0 atom stereocenters. The van der Waals surface area contributed by atoms with Crippen LogP contribution in [-0.4, -0.2) is 30.9 Å². The summed E-state index contributed by atoms with van der Waals surface area (Å²) in [5.74, 6) is -0.740. The van der Waals surface area contributed by atoms with Gasteiger partial charge in [0, 0.05) is 5.69 Å². The van der Waals surface area contributed by atoms with Gasteiger partial charge in [-0.3, -0.25) is 9.69 Å². The quantitative estimate of drug-likeness (QED) is 0.759. The molecule has 0 saturated heterocycles. The molecule has 4 nitrogen and oxygen atoms in total. The van der Waals surface area contributed by atoms with E-state index in [1.54, 1.807) is 0 Å². The molecular weight excluding hydrogens is 209 g/mol. The number of benzene rings is 1. The molecule has 0 heterocycles. The molecule has 16 heavy (non-hydrogen) atoms. The van der Waals surface area contributed by atoms with Gasteiger partial charge in [0.05, 0.1) is 12.2 Å². The third-order valence-corrected chi connectivity index (χ3v) is 2.22. The lowest BCUT2D eigenvalue weighted by atomic mass is 10.2. The van der Waals surface area contributed by atoms with Gasteiger partial charge in [-0.25, -0.2) is 4.39 Å². The Labute approximate surface area is 94.2 Å². The van der Waals surface area contributed by atoms with E-state index in [4.69, 9.17) is 5.73 Å². The van der Waals surface area contributed by atoms with E-state index in [0.29, 0.717) is 5.69 Å². The van der Waals surface area contributed by atoms with E-state index in [9.17, 15) is 9.18 Å². The third-order valence-electron chi connectivity index (χ3n) is 2.22. The zero-order valence-electron chi connectivity index (χ0n) is 9.46. The lowest BCUT2D eigenvalue weighted by Gasteiger charge is -2.13. The zero-order valence-corrected chi connectivity index (χ0v) is 9.46. The van der Waals surface area contributed by atoms with E-state index in [-0.39, 0.29) is 18.1 Å². The maximum atomic E-state index is 13.3. The van der Waals surface area contributed by atoms with E-state index in [1.165, 1.54) is 18.2 Å². The van der Waals surface area contributed by atoms with E-state index in [2.05, 4.69) is 5.32 Å². The molecule has 0 spiro atoms. The average Bonchev–Trinajstić information content (AvgIpc) is 2.23. The van der Waals surface area contributed by atoms with Gasteiger partial charge in [-0.15, -0.1) is 0 Å². The lowest BCUT2D eigenvalue weighted by molar-refractivity contribution is -0.117. The second kappa shape index (κ2) is 5.46. The molecule has 0 aliphatic rings. The number of hydrogen-bond acceptors (Lipinski definition) is 3. The molecule has 0 aliphatic carbocycles. The van der Waals surface area contributed by atoms with Crippen LogP contribution in [0.4, 0.5) is 15.8 Å². The lowest BCUT2D eigenvalue weighted by Crippen LogP contribution is -2.30. The van der Waals surface area contributed by atoms with Crippen LogP contribution >= 0.6 is 0 Å². The Balaban J connectivity index is 2.65. The van der Waals surface area contributed by atoms with E-state index >= 15 is 0 Å². The topological polar surface area (TPSA) is 58.4 Å². The SMILES string of the molecule is CCN(C)CC(=O)Nc1cc(N)ccc1F. The largest absolute Gasteiger partial charge is 0.399 e. The fourth-order valence-electron chi connectivity index (χ4n) is 1.19. The number of rotatable bonds is 4. The van der Waals surface area contributed by atoms with Crippen molar-refractivity contribution in [2.75, 3.05) is 31.2 Å². The van der Waals surface area contributed by atoms with Gasteiger partial charge in [0.15, 0.2) is 0 Å². The van der Waals surface area contributed by atoms with Crippen molar-refractivity contribution in [2.24, 2.45) is 0 Å². The van der Waals surface area contributed by atoms with Gasteiger partial charge in [0.1, 0.15) is 5.82 Å². The molecule has 0 radical (unpaired) electrons. The number of halogens is 1. The van der Waals surface area contributed by atoms with Crippen LogP contribution in [0, 0.1) is 5.82 Å². The van der Waals surface area contributed by atoms with Crippen LogP contribution in [0.25, 0.3) is 0 Å². The van der Waals surface area contributed by atoms with Crippen molar-refractivity contribution in [3.63, 3.8) is 0 Å². The molecule has 0 saturated carbocycles. The molecule has 0 aromatic heterocycles. The van der Waals surface area contributed by atoms with Gasteiger partial charge in [-0.05, 0) is 31.8 Å². The minimum Gasteiger partial charge on any atom is -0.399 e. The van der Waals surface area contributed by atoms with Gasteiger partial charge < -0.3 is 11.1 Å². The number of nitrogens with one attached hydrogen (secondary N) is 1. The smallest absolute Gasteiger partial charge is 0.238 e. The monoisotopic (exact) mass is 225 g/mol. The standard InChI is InChI=1S/C11H16FN3O/c1-3-15(2)7-11(16)14-10-6-8(13)4-5-9(10)12/h4-6H,3,7,13H2,1-2H3,(H,14,16). The van der Waals surface area contributed by atoms with Gasteiger partial charge in [0.25, 0.3) is 0 Å². The maximum Gasteiger partial charge on any atom is 0.238 e. The Morgan fingerprint density at radius 3 is 2.88 bits per heavy atom. The highest BCUT2D eigenvalue weighted by atomic mass is 19.1. The highest BCUT2D eigenvalue weighted by Gasteiger charge is 2.08. The van der Waals surface area contributed by atoms with E-state index < -0.39 is 5.82 Å². The van der Waals surface area contributed by atoms with Crippen LogP contribution < -0.4 is 11.1 Å². The first-order valence-electron chi connectivity index (χ1n) is 5.06. The van der Waals surface area contributed by atoms with E-state index in [1.807, 2.05) is 18.9 Å². The van der Waals surface area contributed by atoms with Crippen LogP contribution in [-0.2, 0) is 4.79 Å². The Morgan fingerprint density at radius 1 is 1.56 bits per heavy atom. The summed E-state index contributed by atoms with van der Waals surface area (Å²) in [6.45, 7) is 2.92. The van der Waals surface area contributed by atoms with Crippen molar-refractivity contribution >= 4 is 17.3 Å². The first kappa shape index (κ1) is 12.4. The van der Waals surface area contributed by atoms with Gasteiger partial charge >= 0.3 is 0 Å². The zero-order chi connectivity index (χ0) is 12.1. The van der Waals surface area contributed by atoms with Crippen molar-refractivity contribution in [1.29, 1.82) is 0 Å². The number of carbonyl (C=O) groups is 1. The summed E-state index contributed by atoms with van der Waals surface area (Å²) in [5, 5.41) is 2.48. The molecule has 0 bridgehead atoms. The summed E-state index contributed by atoms with van der Waals surface area (Å²) < 4.78 is 13.3.